The van der Waals surface area contributed by atoms with Crippen molar-refractivity contribution >= 4 is 11.8 Å². The average molecular weight is 365 g/mol. The maximum Gasteiger partial charge on any atom is 0.291 e. The summed E-state index contributed by atoms with van der Waals surface area (Å²) < 4.78 is 11.0. The summed E-state index contributed by atoms with van der Waals surface area (Å²) in [5.74, 6) is -0.0832. The zero-order chi connectivity index (χ0) is 18.6. The molecule has 3 aromatic rings. The maximum absolute atomic E-state index is 12.2. The van der Waals surface area contributed by atoms with Crippen LogP contribution < -0.4 is 20.3 Å². The van der Waals surface area contributed by atoms with Crippen molar-refractivity contribution in [2.45, 2.75) is 6.10 Å². The normalized spacial score (nSPS) is 15.0. The molecule has 1 aliphatic rings. The van der Waals surface area contributed by atoms with Gasteiger partial charge in [-0.2, -0.15) is 9.90 Å². The number of carbonyl (C=O) groups excluding carboxylic acids is 2. The number of hydrazine groups is 1. The fraction of sp³-hybridized carbons (Fsp3) is 0.111. The summed E-state index contributed by atoms with van der Waals surface area (Å²) in [6.07, 6.45) is 0.436. The molecular formula is C18H15N5O4. The van der Waals surface area contributed by atoms with E-state index in [0.29, 0.717) is 17.2 Å². The molecule has 4 rings (SSSR count). The predicted molar refractivity (Wildman–Crippen MR) is 93.3 cm³/mol. The van der Waals surface area contributed by atoms with Crippen LogP contribution in [0.3, 0.4) is 0 Å². The molecule has 0 unspecified atom stereocenters. The van der Waals surface area contributed by atoms with Crippen molar-refractivity contribution in [3.63, 3.8) is 0 Å². The van der Waals surface area contributed by atoms with Crippen LogP contribution in [-0.4, -0.2) is 39.5 Å². The minimum Gasteiger partial charge on any atom is -0.485 e. The first-order chi connectivity index (χ1) is 13.2. The molecule has 9 nitrogen and oxygen atoms in total. The van der Waals surface area contributed by atoms with E-state index < -0.39 is 17.9 Å². The van der Waals surface area contributed by atoms with Gasteiger partial charge in [0.25, 0.3) is 11.8 Å². The minimum atomic E-state index is -0.875. The van der Waals surface area contributed by atoms with Gasteiger partial charge in [-0.05, 0) is 24.3 Å². The summed E-state index contributed by atoms with van der Waals surface area (Å²) in [6, 6.07) is 16.2. The average Bonchev–Trinajstić information content (AvgIpc) is 3.22. The molecule has 2 aromatic carbocycles. The monoisotopic (exact) mass is 365 g/mol. The highest BCUT2D eigenvalue weighted by Gasteiger charge is 2.27. The van der Waals surface area contributed by atoms with Crippen LogP contribution in [0.15, 0.2) is 60.8 Å². The van der Waals surface area contributed by atoms with Crippen LogP contribution in [0, 0.1) is 0 Å². The maximum atomic E-state index is 12.2. The van der Waals surface area contributed by atoms with Crippen molar-refractivity contribution < 1.29 is 19.1 Å². The molecule has 0 bridgehead atoms. The molecule has 136 valence electrons. The summed E-state index contributed by atoms with van der Waals surface area (Å²) in [4.78, 5) is 25.7. The van der Waals surface area contributed by atoms with Gasteiger partial charge in [0.05, 0.1) is 11.9 Å². The van der Waals surface area contributed by atoms with Crippen molar-refractivity contribution in [1.82, 2.24) is 25.8 Å². The number of ether oxygens (including phenoxy) is 2. The third-order valence-corrected chi connectivity index (χ3v) is 3.81. The van der Waals surface area contributed by atoms with Gasteiger partial charge in [-0.1, -0.05) is 30.3 Å². The number of hydrogen-bond acceptors (Lipinski definition) is 6. The molecule has 1 aromatic heterocycles. The first kappa shape index (κ1) is 16.6. The first-order valence-electron chi connectivity index (χ1n) is 8.17. The van der Waals surface area contributed by atoms with Gasteiger partial charge in [0.1, 0.15) is 6.61 Å². The number of benzene rings is 2. The number of amides is 2. The molecule has 2 N–H and O–H groups in total. The minimum absolute atomic E-state index is 0.0446. The standard InChI is InChI=1S/C18H15N5O4/c24-17(13-10-19-23(22-13)12-6-2-1-3-7-12)20-21-18(25)16-11-26-14-8-4-5-9-15(14)27-16/h1-10,16H,11H2,(H,20,24)(H,21,25)/t16-/m1/s1. The summed E-state index contributed by atoms with van der Waals surface area (Å²) in [5, 5.41) is 8.12. The summed E-state index contributed by atoms with van der Waals surface area (Å²) in [5.41, 5.74) is 5.38. The Morgan fingerprint density at radius 2 is 1.74 bits per heavy atom. The van der Waals surface area contributed by atoms with Crippen molar-refractivity contribution in [3.05, 3.63) is 66.5 Å². The highest BCUT2D eigenvalue weighted by Crippen LogP contribution is 2.30. The van der Waals surface area contributed by atoms with E-state index >= 15 is 0 Å². The number of hydrogen-bond donors (Lipinski definition) is 2. The van der Waals surface area contributed by atoms with Crippen LogP contribution in [0.1, 0.15) is 10.5 Å². The second-order valence-electron chi connectivity index (χ2n) is 5.66. The Morgan fingerprint density at radius 1 is 1.00 bits per heavy atom. The van der Waals surface area contributed by atoms with Gasteiger partial charge < -0.3 is 9.47 Å². The molecule has 1 atom stereocenters. The molecule has 2 heterocycles. The van der Waals surface area contributed by atoms with E-state index in [1.54, 1.807) is 18.2 Å². The second-order valence-corrected chi connectivity index (χ2v) is 5.66. The van der Waals surface area contributed by atoms with Crippen LogP contribution in [0.2, 0.25) is 0 Å². The smallest absolute Gasteiger partial charge is 0.291 e. The third kappa shape index (κ3) is 3.56. The Kier molecular flexibility index (Phi) is 4.40. The number of fused-ring (bicyclic) bond motifs is 1. The van der Waals surface area contributed by atoms with Gasteiger partial charge in [0.2, 0.25) is 6.10 Å². The fourth-order valence-corrected chi connectivity index (χ4v) is 2.46. The van der Waals surface area contributed by atoms with Crippen LogP contribution in [-0.2, 0) is 4.79 Å². The summed E-state index contributed by atoms with van der Waals surface area (Å²) in [7, 11) is 0. The van der Waals surface area contributed by atoms with Crippen LogP contribution in [0.5, 0.6) is 11.5 Å². The van der Waals surface area contributed by atoms with E-state index in [9.17, 15) is 9.59 Å². The molecule has 1 aliphatic heterocycles. The lowest BCUT2D eigenvalue weighted by atomic mass is 10.2. The van der Waals surface area contributed by atoms with Gasteiger partial charge in [-0.3, -0.25) is 20.4 Å². The molecule has 0 saturated heterocycles. The largest absolute Gasteiger partial charge is 0.485 e. The number of nitrogens with zero attached hydrogens (tertiary/aromatic N) is 3. The summed E-state index contributed by atoms with van der Waals surface area (Å²) >= 11 is 0. The van der Waals surface area contributed by atoms with Crippen molar-refractivity contribution in [2.24, 2.45) is 0 Å². The van der Waals surface area contributed by atoms with Crippen molar-refractivity contribution in [3.8, 4) is 17.2 Å². The summed E-state index contributed by atoms with van der Waals surface area (Å²) in [6.45, 7) is 0.0446. The molecule has 0 radical (unpaired) electrons. The lowest BCUT2D eigenvalue weighted by molar-refractivity contribution is -0.131. The fourth-order valence-electron chi connectivity index (χ4n) is 2.46. The second kappa shape index (κ2) is 7.16. The third-order valence-electron chi connectivity index (χ3n) is 3.81. The predicted octanol–water partition coefficient (Wildman–Crippen LogP) is 0.868. The lowest BCUT2D eigenvalue weighted by Gasteiger charge is -2.25. The van der Waals surface area contributed by atoms with Crippen molar-refractivity contribution in [2.75, 3.05) is 6.61 Å². The molecule has 0 saturated carbocycles. The number of carbonyl (C=O) groups is 2. The molecular weight excluding hydrogens is 350 g/mol. The molecule has 0 spiro atoms. The van der Waals surface area contributed by atoms with Crippen LogP contribution in [0.4, 0.5) is 0 Å². The zero-order valence-corrected chi connectivity index (χ0v) is 14.0. The Balaban J connectivity index is 1.34. The number of rotatable bonds is 3. The van der Waals surface area contributed by atoms with Crippen LogP contribution in [0.25, 0.3) is 5.69 Å². The Labute approximate surface area is 153 Å². The van der Waals surface area contributed by atoms with E-state index in [1.165, 1.54) is 11.0 Å². The molecule has 0 fully saturated rings. The molecule has 27 heavy (non-hydrogen) atoms. The van der Waals surface area contributed by atoms with E-state index in [4.69, 9.17) is 9.47 Å². The van der Waals surface area contributed by atoms with E-state index in [-0.39, 0.29) is 12.3 Å². The number of aromatic nitrogens is 3. The molecule has 0 aliphatic carbocycles. The van der Waals surface area contributed by atoms with E-state index in [2.05, 4.69) is 21.0 Å². The SMILES string of the molecule is O=C(NNC(=O)[C@H]1COc2ccccc2O1)c1cnn(-c2ccccc2)n1. The molecule has 9 heteroatoms. The highest BCUT2D eigenvalue weighted by molar-refractivity contribution is 5.94. The Bertz CT molecular complexity index is 973. The van der Waals surface area contributed by atoms with Crippen molar-refractivity contribution in [1.29, 1.82) is 0 Å². The van der Waals surface area contributed by atoms with Gasteiger partial charge in [0.15, 0.2) is 17.2 Å². The zero-order valence-electron chi connectivity index (χ0n) is 14.0. The highest BCUT2D eigenvalue weighted by atomic mass is 16.6. The van der Waals surface area contributed by atoms with E-state index in [1.807, 2.05) is 36.4 Å². The lowest BCUT2D eigenvalue weighted by Crippen LogP contribution is -2.50. The van der Waals surface area contributed by atoms with Gasteiger partial charge in [-0.25, -0.2) is 0 Å². The quantitative estimate of drug-likeness (QED) is 0.667. The first-order valence-corrected chi connectivity index (χ1v) is 8.17. The van der Waals surface area contributed by atoms with Gasteiger partial charge >= 0.3 is 0 Å². The van der Waals surface area contributed by atoms with E-state index in [0.717, 1.165) is 0 Å². The Morgan fingerprint density at radius 3 is 2.56 bits per heavy atom. The van der Waals surface area contributed by atoms with Gasteiger partial charge in [0, 0.05) is 0 Å². The number of para-hydroxylation sites is 3. The number of nitrogens with one attached hydrogen (secondary N) is 2. The Hall–Kier alpha value is -3.88. The molecule has 2 amide bonds. The van der Waals surface area contributed by atoms with Crippen LogP contribution >= 0.6 is 0 Å². The topological polar surface area (TPSA) is 107 Å². The van der Waals surface area contributed by atoms with Gasteiger partial charge in [-0.15, -0.1) is 5.10 Å².